The van der Waals surface area contributed by atoms with Crippen molar-refractivity contribution in [2.75, 3.05) is 0 Å². The van der Waals surface area contributed by atoms with Gasteiger partial charge in [0.25, 0.3) is 0 Å². The van der Waals surface area contributed by atoms with Gasteiger partial charge in [-0.25, -0.2) is 4.39 Å². The van der Waals surface area contributed by atoms with E-state index in [-0.39, 0.29) is 12.2 Å². The third-order valence-corrected chi connectivity index (χ3v) is 4.18. The number of hydrogen-bond acceptors (Lipinski definition) is 2. The van der Waals surface area contributed by atoms with Crippen LogP contribution >= 0.6 is 11.6 Å². The van der Waals surface area contributed by atoms with Gasteiger partial charge in [-0.05, 0) is 36.6 Å². The van der Waals surface area contributed by atoms with Gasteiger partial charge in [0.05, 0.1) is 0 Å². The summed E-state index contributed by atoms with van der Waals surface area (Å²) in [6, 6.07) is 3.97. The molecule has 1 N–H and O–H groups in total. The van der Waals surface area contributed by atoms with Gasteiger partial charge in [-0.3, -0.25) is 4.79 Å². The lowest BCUT2D eigenvalue weighted by Crippen LogP contribution is -2.39. The molecule has 19 heavy (non-hydrogen) atoms. The average Bonchev–Trinajstić information content (AvgIpc) is 2.60. The van der Waals surface area contributed by atoms with E-state index in [4.69, 9.17) is 11.6 Å². The van der Waals surface area contributed by atoms with Crippen molar-refractivity contribution in [1.82, 2.24) is 0 Å². The maximum absolute atomic E-state index is 13.2. The number of ketones is 1. The van der Waals surface area contributed by atoms with Crippen LogP contribution in [0.2, 0.25) is 5.02 Å². The molecule has 0 heterocycles. The van der Waals surface area contributed by atoms with Crippen LogP contribution in [0.4, 0.5) is 4.39 Å². The van der Waals surface area contributed by atoms with Gasteiger partial charge in [0.15, 0.2) is 5.78 Å². The first-order chi connectivity index (χ1) is 9.01. The summed E-state index contributed by atoms with van der Waals surface area (Å²) in [6.45, 7) is 0. The Hall–Kier alpha value is -0.930. The summed E-state index contributed by atoms with van der Waals surface area (Å²) in [6.07, 6.45) is 4.81. The fourth-order valence-corrected chi connectivity index (χ4v) is 2.79. The first-order valence-electron chi connectivity index (χ1n) is 6.71. The number of carbonyl (C=O) groups is 1. The van der Waals surface area contributed by atoms with Gasteiger partial charge < -0.3 is 5.11 Å². The summed E-state index contributed by atoms with van der Waals surface area (Å²) >= 11 is 5.96. The number of halogens is 2. The quantitative estimate of drug-likeness (QED) is 0.860. The molecule has 0 unspecified atom stereocenters. The van der Waals surface area contributed by atoms with Crippen molar-refractivity contribution in [1.29, 1.82) is 0 Å². The molecule has 0 aromatic heterocycles. The van der Waals surface area contributed by atoms with E-state index >= 15 is 0 Å². The molecule has 1 fully saturated rings. The van der Waals surface area contributed by atoms with Gasteiger partial charge >= 0.3 is 0 Å². The van der Waals surface area contributed by atoms with Gasteiger partial charge in [-0.2, -0.15) is 0 Å². The van der Waals surface area contributed by atoms with Crippen molar-refractivity contribution < 1.29 is 14.3 Å². The standard InChI is InChI=1S/C15H18ClFO2/c16-13-6-5-12(17)9-11(13)10-14(18)15(19)7-3-1-2-4-8-15/h5-6,9,19H,1-4,7-8,10H2. The number of hydrogen-bond donors (Lipinski definition) is 1. The summed E-state index contributed by atoms with van der Waals surface area (Å²) in [5.41, 5.74) is -0.809. The molecule has 0 radical (unpaired) electrons. The molecule has 0 spiro atoms. The number of benzene rings is 1. The molecule has 0 saturated heterocycles. The fourth-order valence-electron chi connectivity index (χ4n) is 2.61. The van der Waals surface area contributed by atoms with Crippen molar-refractivity contribution in [3.8, 4) is 0 Å². The molecule has 1 aromatic rings. The van der Waals surface area contributed by atoms with E-state index in [1.54, 1.807) is 0 Å². The van der Waals surface area contributed by atoms with Gasteiger partial charge in [-0.1, -0.05) is 37.3 Å². The van der Waals surface area contributed by atoms with Gasteiger partial charge in [0.2, 0.25) is 0 Å². The topological polar surface area (TPSA) is 37.3 Å². The van der Waals surface area contributed by atoms with Crippen LogP contribution in [0.3, 0.4) is 0 Å². The van der Waals surface area contributed by atoms with Crippen molar-refractivity contribution in [2.24, 2.45) is 0 Å². The van der Waals surface area contributed by atoms with Crippen LogP contribution in [0, 0.1) is 5.82 Å². The Morgan fingerprint density at radius 1 is 1.26 bits per heavy atom. The highest BCUT2D eigenvalue weighted by atomic mass is 35.5. The molecule has 1 aromatic carbocycles. The van der Waals surface area contributed by atoms with Crippen molar-refractivity contribution in [3.63, 3.8) is 0 Å². The normalized spacial score (nSPS) is 18.9. The van der Waals surface area contributed by atoms with E-state index in [0.29, 0.717) is 23.4 Å². The second kappa shape index (κ2) is 6.02. The van der Waals surface area contributed by atoms with E-state index < -0.39 is 11.4 Å². The second-order valence-corrected chi connectivity index (χ2v) is 5.69. The zero-order valence-corrected chi connectivity index (χ0v) is 11.5. The Balaban J connectivity index is 2.13. The van der Waals surface area contributed by atoms with Gasteiger partial charge in [0, 0.05) is 11.4 Å². The van der Waals surface area contributed by atoms with Crippen LogP contribution in [0.5, 0.6) is 0 Å². The highest BCUT2D eigenvalue weighted by molar-refractivity contribution is 6.31. The molecule has 0 atom stereocenters. The Morgan fingerprint density at radius 2 is 1.89 bits per heavy atom. The first kappa shape index (κ1) is 14.5. The smallest absolute Gasteiger partial charge is 0.168 e. The molecule has 104 valence electrons. The van der Waals surface area contributed by atoms with Crippen molar-refractivity contribution >= 4 is 17.4 Å². The molecular weight excluding hydrogens is 267 g/mol. The largest absolute Gasteiger partial charge is 0.382 e. The summed E-state index contributed by atoms with van der Waals surface area (Å²) < 4.78 is 13.2. The predicted octanol–water partition coefficient (Wildman–Crippen LogP) is 3.68. The molecule has 2 rings (SSSR count). The Kier molecular flexibility index (Phi) is 4.58. The van der Waals surface area contributed by atoms with Gasteiger partial charge in [0.1, 0.15) is 11.4 Å². The lowest BCUT2D eigenvalue weighted by atomic mass is 9.86. The van der Waals surface area contributed by atoms with Crippen molar-refractivity contribution in [3.05, 3.63) is 34.6 Å². The minimum absolute atomic E-state index is 0.00685. The summed E-state index contributed by atoms with van der Waals surface area (Å²) in [5.74, 6) is -0.665. The first-order valence-corrected chi connectivity index (χ1v) is 7.09. The van der Waals surface area contributed by atoms with E-state index in [1.165, 1.54) is 18.2 Å². The Morgan fingerprint density at radius 3 is 2.53 bits per heavy atom. The monoisotopic (exact) mass is 284 g/mol. The van der Waals surface area contributed by atoms with Crippen LogP contribution in [-0.4, -0.2) is 16.5 Å². The molecule has 1 aliphatic carbocycles. The minimum atomic E-state index is -1.26. The minimum Gasteiger partial charge on any atom is -0.382 e. The second-order valence-electron chi connectivity index (χ2n) is 5.28. The zero-order valence-electron chi connectivity index (χ0n) is 10.8. The molecule has 4 heteroatoms. The highest BCUT2D eigenvalue weighted by Crippen LogP contribution is 2.30. The van der Waals surface area contributed by atoms with Crippen LogP contribution in [0.1, 0.15) is 44.1 Å². The van der Waals surface area contributed by atoms with E-state index in [9.17, 15) is 14.3 Å². The van der Waals surface area contributed by atoms with E-state index in [1.807, 2.05) is 0 Å². The molecule has 2 nitrogen and oxygen atoms in total. The third kappa shape index (κ3) is 3.54. The summed E-state index contributed by atoms with van der Waals surface area (Å²) in [7, 11) is 0. The molecule has 0 aliphatic heterocycles. The molecule has 0 amide bonds. The Labute approximate surface area is 117 Å². The zero-order chi connectivity index (χ0) is 13.9. The number of aliphatic hydroxyl groups is 1. The summed E-state index contributed by atoms with van der Waals surface area (Å²) in [4.78, 5) is 12.3. The molecular formula is C15H18ClFO2. The summed E-state index contributed by atoms with van der Waals surface area (Å²) in [5, 5.41) is 10.8. The van der Waals surface area contributed by atoms with Crippen LogP contribution in [0.25, 0.3) is 0 Å². The van der Waals surface area contributed by atoms with Crippen LogP contribution < -0.4 is 0 Å². The average molecular weight is 285 g/mol. The number of rotatable bonds is 3. The number of carbonyl (C=O) groups excluding carboxylic acids is 1. The predicted molar refractivity (Wildman–Crippen MR) is 72.8 cm³/mol. The van der Waals surface area contributed by atoms with Crippen molar-refractivity contribution in [2.45, 2.75) is 50.5 Å². The Bertz CT molecular complexity index is 465. The molecule has 1 aliphatic rings. The van der Waals surface area contributed by atoms with Crippen LogP contribution in [-0.2, 0) is 11.2 Å². The van der Waals surface area contributed by atoms with E-state index in [2.05, 4.69) is 0 Å². The SMILES string of the molecule is O=C(Cc1cc(F)ccc1Cl)C1(O)CCCCCC1. The van der Waals surface area contributed by atoms with E-state index in [0.717, 1.165) is 25.7 Å². The molecule has 1 saturated carbocycles. The number of Topliss-reactive ketones (excluding diaryl/α,β-unsaturated/α-hetero) is 1. The molecule has 0 bridgehead atoms. The maximum Gasteiger partial charge on any atom is 0.168 e. The maximum atomic E-state index is 13.2. The lowest BCUT2D eigenvalue weighted by molar-refractivity contribution is -0.138. The third-order valence-electron chi connectivity index (χ3n) is 3.81. The lowest BCUT2D eigenvalue weighted by Gasteiger charge is -2.25. The van der Waals surface area contributed by atoms with Crippen LogP contribution in [0.15, 0.2) is 18.2 Å². The highest BCUT2D eigenvalue weighted by Gasteiger charge is 2.35. The fraction of sp³-hybridized carbons (Fsp3) is 0.533. The van der Waals surface area contributed by atoms with Gasteiger partial charge in [-0.15, -0.1) is 0 Å².